The average Bonchev–Trinajstić information content (AvgIpc) is 2.76. The van der Waals surface area contributed by atoms with Gasteiger partial charge in [0.1, 0.15) is 0 Å². The van der Waals surface area contributed by atoms with Gasteiger partial charge in [0.25, 0.3) is 0 Å². The smallest absolute Gasteiger partial charge is 0.305 e. The SMILES string of the molecule is C=CCCOCC1CCC(c2ccc(-c3cc(F)c(OC=C(F)F)c(F)c3)cc2)SC1. The number of ether oxygens (including phenoxy) is 2. The van der Waals surface area contributed by atoms with Crippen LogP contribution in [0.25, 0.3) is 11.1 Å². The van der Waals surface area contributed by atoms with Crippen LogP contribution in [0.1, 0.15) is 30.1 Å². The van der Waals surface area contributed by atoms with Crippen molar-refractivity contribution >= 4 is 11.8 Å². The molecule has 0 N–H and O–H groups in total. The Morgan fingerprint density at radius 2 is 1.77 bits per heavy atom. The quantitative estimate of drug-likeness (QED) is 0.170. The summed E-state index contributed by atoms with van der Waals surface area (Å²) in [5.41, 5.74) is 2.12. The summed E-state index contributed by atoms with van der Waals surface area (Å²) >= 11 is 1.90. The summed E-state index contributed by atoms with van der Waals surface area (Å²) in [4.78, 5) is 0. The number of rotatable bonds is 9. The molecule has 2 aromatic carbocycles. The van der Waals surface area contributed by atoms with E-state index in [1.165, 1.54) is 5.56 Å². The normalized spacial score (nSPS) is 18.5. The highest BCUT2D eigenvalue weighted by Crippen LogP contribution is 2.41. The number of halogens is 4. The third-order valence-corrected chi connectivity index (χ3v) is 6.64. The molecule has 0 aliphatic carbocycles. The molecule has 0 bridgehead atoms. The Morgan fingerprint density at radius 1 is 1.06 bits per heavy atom. The maximum Gasteiger partial charge on any atom is 0.305 e. The van der Waals surface area contributed by atoms with E-state index in [0.717, 1.165) is 43.8 Å². The Kier molecular flexibility index (Phi) is 8.60. The Bertz CT molecular complexity index is 879. The highest BCUT2D eigenvalue weighted by Gasteiger charge is 2.23. The fraction of sp³-hybridized carbons (Fsp3) is 0.333. The van der Waals surface area contributed by atoms with E-state index in [0.29, 0.717) is 28.9 Å². The second-order valence-corrected chi connectivity index (χ2v) is 8.57. The van der Waals surface area contributed by atoms with Gasteiger partial charge < -0.3 is 9.47 Å². The molecule has 166 valence electrons. The fourth-order valence-corrected chi connectivity index (χ4v) is 4.87. The average molecular weight is 453 g/mol. The topological polar surface area (TPSA) is 18.5 Å². The van der Waals surface area contributed by atoms with Gasteiger partial charge >= 0.3 is 6.08 Å². The van der Waals surface area contributed by atoms with Gasteiger partial charge in [0.2, 0.25) is 0 Å². The lowest BCUT2D eigenvalue weighted by atomic mass is 9.98. The fourth-order valence-electron chi connectivity index (χ4n) is 3.45. The van der Waals surface area contributed by atoms with Crippen molar-refractivity contribution in [2.24, 2.45) is 5.92 Å². The van der Waals surface area contributed by atoms with Gasteiger partial charge in [-0.1, -0.05) is 30.3 Å². The van der Waals surface area contributed by atoms with Crippen LogP contribution in [-0.4, -0.2) is 19.0 Å². The van der Waals surface area contributed by atoms with Gasteiger partial charge in [-0.2, -0.15) is 20.5 Å². The van der Waals surface area contributed by atoms with E-state index in [9.17, 15) is 17.6 Å². The van der Waals surface area contributed by atoms with Crippen LogP contribution in [0, 0.1) is 17.6 Å². The summed E-state index contributed by atoms with van der Waals surface area (Å²) in [7, 11) is 0. The first-order valence-electron chi connectivity index (χ1n) is 10.1. The van der Waals surface area contributed by atoms with Gasteiger partial charge in [0.05, 0.1) is 13.2 Å². The summed E-state index contributed by atoms with van der Waals surface area (Å²) < 4.78 is 62.5. The van der Waals surface area contributed by atoms with Crippen LogP contribution in [0.4, 0.5) is 17.6 Å². The second-order valence-electron chi connectivity index (χ2n) is 7.33. The summed E-state index contributed by atoms with van der Waals surface area (Å²) in [5.74, 6) is -1.35. The molecule has 0 saturated carbocycles. The molecule has 0 aromatic heterocycles. The minimum Gasteiger partial charge on any atom is -0.453 e. The lowest BCUT2D eigenvalue weighted by Crippen LogP contribution is -2.18. The largest absolute Gasteiger partial charge is 0.453 e. The van der Waals surface area contributed by atoms with Crippen LogP contribution >= 0.6 is 11.8 Å². The highest BCUT2D eigenvalue weighted by molar-refractivity contribution is 7.99. The van der Waals surface area contributed by atoms with Crippen molar-refractivity contribution in [3.63, 3.8) is 0 Å². The molecular weight excluding hydrogens is 428 g/mol. The maximum atomic E-state index is 14.1. The first-order chi connectivity index (χ1) is 15.0. The lowest BCUT2D eigenvalue weighted by Gasteiger charge is -2.28. The lowest BCUT2D eigenvalue weighted by molar-refractivity contribution is 0.105. The Balaban J connectivity index is 1.61. The molecule has 0 radical (unpaired) electrons. The van der Waals surface area contributed by atoms with Crippen LogP contribution in [-0.2, 0) is 4.74 Å². The first kappa shape index (κ1) is 23.4. The van der Waals surface area contributed by atoms with Gasteiger partial charge in [-0.3, -0.25) is 0 Å². The van der Waals surface area contributed by atoms with Gasteiger partial charge in [0, 0.05) is 5.25 Å². The van der Waals surface area contributed by atoms with Crippen molar-refractivity contribution in [2.75, 3.05) is 19.0 Å². The summed E-state index contributed by atoms with van der Waals surface area (Å²) in [6, 6.07) is 9.71. The van der Waals surface area contributed by atoms with Crippen molar-refractivity contribution in [1.29, 1.82) is 0 Å². The minimum absolute atomic E-state index is 0.00969. The number of hydrogen-bond donors (Lipinski definition) is 0. The third-order valence-electron chi connectivity index (χ3n) is 5.07. The summed E-state index contributed by atoms with van der Waals surface area (Å²) in [6.45, 7) is 5.18. The molecule has 1 saturated heterocycles. The third kappa shape index (κ3) is 6.61. The second kappa shape index (κ2) is 11.4. The Morgan fingerprint density at radius 3 is 2.35 bits per heavy atom. The van der Waals surface area contributed by atoms with Crippen molar-refractivity contribution in [3.8, 4) is 16.9 Å². The van der Waals surface area contributed by atoms with Gasteiger partial charge in [-0.25, -0.2) is 8.78 Å². The van der Waals surface area contributed by atoms with E-state index < -0.39 is 23.5 Å². The monoisotopic (exact) mass is 452 g/mol. The molecule has 1 fully saturated rings. The molecule has 7 heteroatoms. The predicted molar refractivity (Wildman–Crippen MR) is 116 cm³/mol. The van der Waals surface area contributed by atoms with E-state index in [-0.39, 0.29) is 6.26 Å². The molecule has 0 spiro atoms. The highest BCUT2D eigenvalue weighted by atomic mass is 32.2. The van der Waals surface area contributed by atoms with E-state index in [1.54, 1.807) is 0 Å². The molecular formula is C24H24F4O2S. The molecule has 2 nitrogen and oxygen atoms in total. The van der Waals surface area contributed by atoms with Crippen molar-refractivity contribution in [1.82, 2.24) is 0 Å². The van der Waals surface area contributed by atoms with Crippen LogP contribution in [0.5, 0.6) is 5.75 Å². The van der Waals surface area contributed by atoms with E-state index >= 15 is 0 Å². The van der Waals surface area contributed by atoms with Crippen LogP contribution in [0.3, 0.4) is 0 Å². The Labute approximate surface area is 183 Å². The standard InChI is InChI=1S/C24H24F4O2S/c1-2-3-10-29-13-16-4-9-22(31-15-16)18-7-5-17(6-8-18)19-11-20(25)24(21(26)12-19)30-14-23(27)28/h2,5-8,11-12,14,16,22H,1,3-4,9-10,13,15H2. The molecule has 2 unspecified atom stereocenters. The zero-order valence-corrected chi connectivity index (χ0v) is 17.8. The van der Waals surface area contributed by atoms with E-state index in [2.05, 4.69) is 11.3 Å². The molecule has 1 heterocycles. The predicted octanol–water partition coefficient (Wildman–Crippen LogP) is 7.53. The van der Waals surface area contributed by atoms with Crippen molar-refractivity contribution in [2.45, 2.75) is 24.5 Å². The molecule has 31 heavy (non-hydrogen) atoms. The zero-order valence-electron chi connectivity index (χ0n) is 17.0. The van der Waals surface area contributed by atoms with Crippen LogP contribution in [0.15, 0.2) is 61.4 Å². The molecule has 1 aliphatic heterocycles. The summed E-state index contributed by atoms with van der Waals surface area (Å²) in [6.07, 6.45) is 2.70. The number of hydrogen-bond acceptors (Lipinski definition) is 3. The number of benzene rings is 2. The first-order valence-corrected chi connectivity index (χ1v) is 11.1. The molecule has 0 amide bonds. The van der Waals surface area contributed by atoms with Crippen LogP contribution < -0.4 is 4.74 Å². The van der Waals surface area contributed by atoms with E-state index in [1.807, 2.05) is 42.1 Å². The van der Waals surface area contributed by atoms with Crippen molar-refractivity contribution in [3.05, 3.63) is 78.6 Å². The van der Waals surface area contributed by atoms with Gasteiger partial charge in [0.15, 0.2) is 23.6 Å². The maximum absolute atomic E-state index is 14.1. The molecule has 2 atom stereocenters. The minimum atomic E-state index is -2.18. The molecule has 2 aromatic rings. The Hall–Kier alpha value is -2.25. The zero-order chi connectivity index (χ0) is 22.2. The van der Waals surface area contributed by atoms with E-state index in [4.69, 9.17) is 4.74 Å². The molecule has 3 rings (SSSR count). The molecule has 1 aliphatic rings. The number of thioether (sulfide) groups is 1. The van der Waals surface area contributed by atoms with Crippen molar-refractivity contribution < 1.29 is 27.0 Å². The summed E-state index contributed by atoms with van der Waals surface area (Å²) in [5, 5.41) is 0.380. The van der Waals surface area contributed by atoms with Gasteiger partial charge in [-0.15, -0.1) is 6.58 Å². The van der Waals surface area contributed by atoms with Crippen LogP contribution in [0.2, 0.25) is 0 Å². The van der Waals surface area contributed by atoms with Gasteiger partial charge in [-0.05, 0) is 59.8 Å².